The monoisotopic (exact) mass is 480 g/mol. The van der Waals surface area contributed by atoms with Gasteiger partial charge in [0.2, 0.25) is 0 Å². The molecule has 0 aromatic heterocycles. The van der Waals surface area contributed by atoms with Crippen LogP contribution in [0.25, 0.3) is 0 Å². The Morgan fingerprint density at radius 3 is 2.18 bits per heavy atom. The van der Waals surface area contributed by atoms with Crippen LogP contribution < -0.4 is 10.7 Å². The summed E-state index contributed by atoms with van der Waals surface area (Å²) in [4.78, 5) is 4.94. The molecule has 2 N–H and O–H groups in total. The number of nitrogen functional groups attached to an aromatic ring is 1. The van der Waals surface area contributed by atoms with Crippen molar-refractivity contribution in [3.05, 3.63) is 136 Å². The molecule has 0 unspecified atom stereocenters. The molecule has 0 radical (unpaired) electrons. The van der Waals surface area contributed by atoms with Crippen LogP contribution in [0.4, 0.5) is 17.1 Å². The molecule has 1 heterocycles. The van der Waals surface area contributed by atoms with Crippen LogP contribution >= 0.6 is 23.4 Å². The highest BCUT2D eigenvalue weighted by atomic mass is 35.5. The van der Waals surface area contributed by atoms with E-state index in [2.05, 4.69) is 6.08 Å². The number of hydrazone groups is 1. The Kier molecular flexibility index (Phi) is 6.47. The maximum Gasteiger partial charge on any atom is 0.131 e. The number of rotatable bonds is 5. The number of nitrogens with two attached hydrogens (primary N) is 1. The van der Waals surface area contributed by atoms with E-state index in [4.69, 9.17) is 27.4 Å². The molecule has 0 amide bonds. The Morgan fingerprint density at radius 2 is 1.47 bits per heavy atom. The van der Waals surface area contributed by atoms with Crippen molar-refractivity contribution in [2.75, 3.05) is 10.7 Å². The predicted octanol–water partition coefficient (Wildman–Crippen LogP) is 7.50. The highest BCUT2D eigenvalue weighted by Crippen LogP contribution is 2.37. The van der Waals surface area contributed by atoms with Crippen molar-refractivity contribution in [2.24, 2.45) is 10.1 Å². The van der Waals surface area contributed by atoms with E-state index < -0.39 is 0 Å². The van der Waals surface area contributed by atoms with Crippen LogP contribution in [-0.2, 0) is 0 Å². The van der Waals surface area contributed by atoms with E-state index in [1.807, 2.05) is 114 Å². The topological polar surface area (TPSA) is 54.0 Å². The zero-order chi connectivity index (χ0) is 23.3. The highest BCUT2D eigenvalue weighted by Gasteiger charge is 2.25. The lowest BCUT2D eigenvalue weighted by Crippen LogP contribution is -2.11. The molecule has 0 spiro atoms. The molecule has 4 nitrogen and oxygen atoms in total. The minimum atomic E-state index is 0.631. The van der Waals surface area contributed by atoms with Crippen molar-refractivity contribution in [3.8, 4) is 0 Å². The largest absolute Gasteiger partial charge is 0.397 e. The van der Waals surface area contributed by atoms with E-state index in [-0.39, 0.29) is 0 Å². The van der Waals surface area contributed by atoms with Gasteiger partial charge in [0.15, 0.2) is 0 Å². The van der Waals surface area contributed by atoms with E-state index in [0.29, 0.717) is 10.7 Å². The second-order valence-corrected chi connectivity index (χ2v) is 9.01. The summed E-state index contributed by atoms with van der Waals surface area (Å²) in [5.41, 5.74) is 11.3. The third-order valence-electron chi connectivity index (χ3n) is 5.20. The van der Waals surface area contributed by atoms with Gasteiger partial charge in [-0.1, -0.05) is 84.4 Å². The summed E-state index contributed by atoms with van der Waals surface area (Å²) < 4.78 is 0. The number of benzene rings is 4. The minimum absolute atomic E-state index is 0.631. The fraction of sp³-hybridized carbons (Fsp3) is 0. The number of aliphatic imine (C=N–C) groups is 1. The van der Waals surface area contributed by atoms with Crippen molar-refractivity contribution < 1.29 is 0 Å². The molecule has 1 aliphatic rings. The van der Waals surface area contributed by atoms with Gasteiger partial charge in [-0.05, 0) is 54.2 Å². The number of halogens is 1. The average molecular weight is 481 g/mol. The second kappa shape index (κ2) is 10.00. The number of thioether (sulfide) groups is 1. The molecule has 6 heteroatoms. The number of hydrogen-bond donors (Lipinski definition) is 1. The lowest BCUT2D eigenvalue weighted by molar-refractivity contribution is 1.08. The molecule has 0 saturated heterocycles. The van der Waals surface area contributed by atoms with Crippen LogP contribution in [0, 0.1) is 0 Å². The molecule has 4 aromatic carbocycles. The van der Waals surface area contributed by atoms with E-state index in [0.717, 1.165) is 38.3 Å². The summed E-state index contributed by atoms with van der Waals surface area (Å²) in [5.74, 6) is 0. The van der Waals surface area contributed by atoms with E-state index in [1.54, 1.807) is 11.8 Å². The Morgan fingerprint density at radius 1 is 0.824 bits per heavy atom. The molecule has 4 aromatic rings. The van der Waals surface area contributed by atoms with Crippen LogP contribution in [0.2, 0.25) is 5.02 Å². The smallest absolute Gasteiger partial charge is 0.131 e. The molecule has 0 atom stereocenters. The second-order valence-electron chi connectivity index (χ2n) is 7.57. The number of para-hydroxylation sites is 3. The summed E-state index contributed by atoms with van der Waals surface area (Å²) in [6, 6.07) is 35.5. The normalized spacial score (nSPS) is 15.0. The van der Waals surface area contributed by atoms with Crippen LogP contribution in [0.1, 0.15) is 11.1 Å². The van der Waals surface area contributed by atoms with Gasteiger partial charge in [-0.2, -0.15) is 5.10 Å². The summed E-state index contributed by atoms with van der Waals surface area (Å²) in [7, 11) is 0. The quantitative estimate of drug-likeness (QED) is 0.237. The van der Waals surface area contributed by atoms with Crippen LogP contribution in [0.3, 0.4) is 0 Å². The van der Waals surface area contributed by atoms with Crippen molar-refractivity contribution in [1.29, 1.82) is 0 Å². The van der Waals surface area contributed by atoms with Gasteiger partial charge in [0.25, 0.3) is 0 Å². The first kappa shape index (κ1) is 22.0. The lowest BCUT2D eigenvalue weighted by atomic mass is 10.1. The van der Waals surface area contributed by atoms with Crippen molar-refractivity contribution in [3.63, 3.8) is 0 Å². The third-order valence-corrected chi connectivity index (χ3v) is 6.46. The van der Waals surface area contributed by atoms with Gasteiger partial charge in [-0.25, -0.2) is 10.0 Å². The van der Waals surface area contributed by atoms with E-state index >= 15 is 0 Å². The SMILES string of the molecule is Nc1ccccc1N=C(C=C1SC(c2ccc(Cl)cc2)=NN1c1ccccc1)c1ccccc1. The van der Waals surface area contributed by atoms with Crippen LogP contribution in [0.15, 0.2) is 130 Å². The van der Waals surface area contributed by atoms with Crippen molar-refractivity contribution in [1.82, 2.24) is 0 Å². The Hall–Kier alpha value is -3.80. The van der Waals surface area contributed by atoms with Gasteiger partial charge in [0.05, 0.1) is 22.8 Å². The molecule has 0 bridgehead atoms. The van der Waals surface area contributed by atoms with Crippen LogP contribution in [-0.4, -0.2) is 10.8 Å². The fourth-order valence-corrected chi connectivity index (χ4v) is 4.59. The molecule has 1 aliphatic heterocycles. The maximum atomic E-state index is 6.21. The highest BCUT2D eigenvalue weighted by molar-refractivity contribution is 8.18. The zero-order valence-electron chi connectivity index (χ0n) is 18.2. The van der Waals surface area contributed by atoms with Gasteiger partial charge in [0.1, 0.15) is 10.1 Å². The summed E-state index contributed by atoms with van der Waals surface area (Å²) in [5, 5.41) is 9.40. The standard InChI is InChI=1S/C28H21ClN4S/c29-22-17-15-21(16-18-22)28-32-33(23-11-5-2-6-12-23)27(34-28)19-26(20-9-3-1-4-10-20)31-25-14-8-7-13-24(25)30/h1-19H,30H2. The number of allylic oxidation sites excluding steroid dienone is 1. The number of nitrogens with zero attached hydrogens (tertiary/aromatic N) is 3. The van der Waals surface area contributed by atoms with Gasteiger partial charge >= 0.3 is 0 Å². The maximum absolute atomic E-state index is 6.21. The molecule has 166 valence electrons. The average Bonchev–Trinajstić information content (AvgIpc) is 3.30. The molecular formula is C28H21ClN4S. The van der Waals surface area contributed by atoms with Crippen molar-refractivity contribution in [2.45, 2.75) is 0 Å². The molecule has 0 saturated carbocycles. The van der Waals surface area contributed by atoms with Gasteiger partial charge < -0.3 is 5.73 Å². The van der Waals surface area contributed by atoms with Crippen molar-refractivity contribution >= 4 is 51.2 Å². The molecule has 0 fully saturated rings. The molecular weight excluding hydrogens is 460 g/mol. The fourth-order valence-electron chi connectivity index (χ4n) is 3.48. The van der Waals surface area contributed by atoms with Gasteiger partial charge in [0, 0.05) is 16.1 Å². The third kappa shape index (κ3) is 4.91. The molecule has 5 rings (SSSR count). The summed E-state index contributed by atoms with van der Waals surface area (Å²) in [6.45, 7) is 0. The van der Waals surface area contributed by atoms with Crippen LogP contribution in [0.5, 0.6) is 0 Å². The predicted molar refractivity (Wildman–Crippen MR) is 146 cm³/mol. The van der Waals surface area contributed by atoms with Gasteiger partial charge in [-0.15, -0.1) is 0 Å². The first-order valence-corrected chi connectivity index (χ1v) is 11.9. The summed E-state index contributed by atoms with van der Waals surface area (Å²) in [6.07, 6.45) is 2.06. The first-order valence-electron chi connectivity index (χ1n) is 10.8. The first-order chi connectivity index (χ1) is 16.7. The zero-order valence-corrected chi connectivity index (χ0v) is 19.7. The van der Waals surface area contributed by atoms with E-state index in [9.17, 15) is 0 Å². The summed E-state index contributed by atoms with van der Waals surface area (Å²) >= 11 is 7.70. The Bertz CT molecular complexity index is 1380. The minimum Gasteiger partial charge on any atom is -0.397 e. The Balaban J connectivity index is 1.62. The molecule has 34 heavy (non-hydrogen) atoms. The number of hydrogen-bond acceptors (Lipinski definition) is 5. The number of anilines is 2. The van der Waals surface area contributed by atoms with Gasteiger partial charge in [-0.3, -0.25) is 0 Å². The lowest BCUT2D eigenvalue weighted by Gasteiger charge is -2.16. The van der Waals surface area contributed by atoms with E-state index in [1.165, 1.54) is 0 Å². The Labute approximate surface area is 208 Å². The molecule has 0 aliphatic carbocycles.